The maximum Gasteiger partial charge on any atom is 0.282 e. The summed E-state index contributed by atoms with van der Waals surface area (Å²) in [6.07, 6.45) is 4.02. The van der Waals surface area contributed by atoms with Crippen molar-refractivity contribution in [1.29, 1.82) is 0 Å². The number of allylic oxidation sites excluding steroid dienone is 1. The fourth-order valence-electron chi connectivity index (χ4n) is 3.69. The number of hydrogen-bond acceptors (Lipinski definition) is 4. The van der Waals surface area contributed by atoms with Crippen LogP contribution in [0.4, 0.5) is 17.1 Å². The van der Waals surface area contributed by atoms with Crippen LogP contribution in [-0.4, -0.2) is 24.1 Å². The molecule has 146 valence electrons. The molecule has 0 saturated heterocycles. The summed E-state index contributed by atoms with van der Waals surface area (Å²) in [5.41, 5.74) is 5.68. The summed E-state index contributed by atoms with van der Waals surface area (Å²) < 4.78 is 0. The molecule has 0 spiro atoms. The maximum absolute atomic E-state index is 13.3. The van der Waals surface area contributed by atoms with Crippen LogP contribution in [-0.2, 0) is 9.59 Å². The number of para-hydroxylation sites is 1. The summed E-state index contributed by atoms with van der Waals surface area (Å²) >= 11 is 0. The Balaban J connectivity index is 1.70. The number of likely N-dealkylation sites (N-methyl/N-ethyl adjacent to an activating group) is 1. The summed E-state index contributed by atoms with van der Waals surface area (Å²) in [5.74, 6) is -0.299. The summed E-state index contributed by atoms with van der Waals surface area (Å²) in [7, 11) is 0. The van der Waals surface area contributed by atoms with E-state index in [-0.39, 0.29) is 11.8 Å². The van der Waals surface area contributed by atoms with Gasteiger partial charge < -0.3 is 10.2 Å². The lowest BCUT2D eigenvalue weighted by Crippen LogP contribution is -2.29. The second kappa shape index (κ2) is 7.39. The smallest absolute Gasteiger partial charge is 0.282 e. The van der Waals surface area contributed by atoms with Crippen molar-refractivity contribution in [3.8, 4) is 0 Å². The van der Waals surface area contributed by atoms with Crippen LogP contribution >= 0.6 is 0 Å². The highest BCUT2D eigenvalue weighted by Crippen LogP contribution is 2.35. The normalized spacial score (nSPS) is 18.0. The number of fused-ring (bicyclic) bond motifs is 1. The lowest BCUT2D eigenvalue weighted by Gasteiger charge is -2.30. The van der Waals surface area contributed by atoms with Crippen LogP contribution in [0.5, 0.6) is 0 Å². The zero-order valence-corrected chi connectivity index (χ0v) is 16.6. The van der Waals surface area contributed by atoms with Crippen LogP contribution in [0.3, 0.4) is 0 Å². The molecular weight excluding hydrogens is 364 g/mol. The van der Waals surface area contributed by atoms with E-state index < -0.39 is 0 Å². The number of nitrogens with one attached hydrogen (secondary N) is 1. The van der Waals surface area contributed by atoms with Crippen molar-refractivity contribution < 1.29 is 9.59 Å². The van der Waals surface area contributed by atoms with E-state index in [0.29, 0.717) is 22.7 Å². The standard InChI is InChI=1S/C23H22N4O2/c1-4-26-20-8-6-5-7-17(20)9-14-21(26)22-15(2)25-27(23(22)29)19-12-10-18(11-13-19)24-16(3)28/h5-14H,4H2,1-3H3,(H,24,28)/b22-21-. The Hall–Kier alpha value is -3.67. The Bertz CT molecular complexity index is 1080. The van der Waals surface area contributed by atoms with Gasteiger partial charge in [0.25, 0.3) is 5.91 Å². The zero-order valence-electron chi connectivity index (χ0n) is 16.6. The molecule has 2 amide bonds. The van der Waals surface area contributed by atoms with Gasteiger partial charge in [0, 0.05) is 24.8 Å². The highest BCUT2D eigenvalue weighted by atomic mass is 16.2. The zero-order chi connectivity index (χ0) is 20.5. The molecule has 0 aromatic heterocycles. The topological polar surface area (TPSA) is 65.0 Å². The Morgan fingerprint density at radius 2 is 1.79 bits per heavy atom. The first-order chi connectivity index (χ1) is 14.0. The Morgan fingerprint density at radius 3 is 2.48 bits per heavy atom. The summed E-state index contributed by atoms with van der Waals surface area (Å²) in [4.78, 5) is 26.6. The van der Waals surface area contributed by atoms with Crippen molar-refractivity contribution in [3.05, 3.63) is 71.4 Å². The van der Waals surface area contributed by atoms with E-state index in [9.17, 15) is 9.59 Å². The van der Waals surface area contributed by atoms with Gasteiger partial charge in [-0.05, 0) is 55.8 Å². The number of hydrazone groups is 1. The average Bonchev–Trinajstić information content (AvgIpc) is 3.01. The Morgan fingerprint density at radius 1 is 1.07 bits per heavy atom. The number of benzene rings is 2. The molecule has 6 heteroatoms. The molecule has 1 N–H and O–H groups in total. The van der Waals surface area contributed by atoms with Crippen LogP contribution in [0.25, 0.3) is 6.08 Å². The predicted molar refractivity (Wildman–Crippen MR) is 117 cm³/mol. The van der Waals surface area contributed by atoms with Gasteiger partial charge >= 0.3 is 0 Å². The Labute approximate surface area is 169 Å². The van der Waals surface area contributed by atoms with Crippen molar-refractivity contribution in [2.45, 2.75) is 20.8 Å². The largest absolute Gasteiger partial charge is 0.341 e. The molecule has 4 rings (SSSR count). The number of rotatable bonds is 3. The van der Waals surface area contributed by atoms with Crippen molar-refractivity contribution in [2.75, 3.05) is 21.8 Å². The lowest BCUT2D eigenvalue weighted by molar-refractivity contribution is -0.115. The molecule has 0 radical (unpaired) electrons. The van der Waals surface area contributed by atoms with Gasteiger partial charge in [-0.2, -0.15) is 10.1 Å². The summed E-state index contributed by atoms with van der Waals surface area (Å²) in [5, 5.41) is 8.64. The van der Waals surface area contributed by atoms with E-state index in [4.69, 9.17) is 0 Å². The van der Waals surface area contributed by atoms with Crippen LogP contribution < -0.4 is 15.2 Å². The monoisotopic (exact) mass is 386 g/mol. The van der Waals surface area contributed by atoms with Gasteiger partial charge in [-0.15, -0.1) is 0 Å². The first kappa shape index (κ1) is 18.7. The number of nitrogens with zero attached hydrogens (tertiary/aromatic N) is 3. The van der Waals surface area contributed by atoms with Gasteiger partial charge in [0.2, 0.25) is 5.91 Å². The van der Waals surface area contributed by atoms with Gasteiger partial charge in [0.05, 0.1) is 22.7 Å². The van der Waals surface area contributed by atoms with E-state index in [1.807, 2.05) is 31.2 Å². The first-order valence-electron chi connectivity index (χ1n) is 9.56. The Kier molecular flexibility index (Phi) is 4.76. The predicted octanol–water partition coefficient (Wildman–Crippen LogP) is 4.17. The minimum atomic E-state index is -0.160. The molecule has 0 saturated carbocycles. The minimum absolute atomic E-state index is 0.139. The van der Waals surface area contributed by atoms with Gasteiger partial charge in [-0.25, -0.2) is 0 Å². The number of amides is 2. The molecule has 2 aromatic carbocycles. The molecule has 2 aromatic rings. The van der Waals surface area contributed by atoms with Gasteiger partial charge in [-0.3, -0.25) is 9.59 Å². The molecule has 2 aliphatic heterocycles. The number of anilines is 3. The van der Waals surface area contributed by atoms with Crippen LogP contribution in [0.15, 0.2) is 71.0 Å². The molecule has 29 heavy (non-hydrogen) atoms. The van der Waals surface area contributed by atoms with Crippen LogP contribution in [0.2, 0.25) is 0 Å². The summed E-state index contributed by atoms with van der Waals surface area (Å²) in [6.45, 7) is 6.13. The van der Waals surface area contributed by atoms with E-state index in [0.717, 1.165) is 23.5 Å². The highest BCUT2D eigenvalue weighted by molar-refractivity contribution is 6.30. The molecule has 0 unspecified atom stereocenters. The van der Waals surface area contributed by atoms with Gasteiger partial charge in [0.1, 0.15) is 0 Å². The first-order valence-corrected chi connectivity index (χ1v) is 9.56. The average molecular weight is 386 g/mol. The third-order valence-electron chi connectivity index (χ3n) is 4.96. The number of carbonyl (C=O) groups excluding carboxylic acids is 2. The van der Waals surface area contributed by atoms with Crippen LogP contribution in [0, 0.1) is 0 Å². The summed E-state index contributed by atoms with van der Waals surface area (Å²) in [6, 6.07) is 15.2. The fourth-order valence-corrected chi connectivity index (χ4v) is 3.69. The fraction of sp³-hybridized carbons (Fsp3) is 0.174. The lowest BCUT2D eigenvalue weighted by atomic mass is 10.0. The van der Waals surface area contributed by atoms with Gasteiger partial charge in [-0.1, -0.05) is 24.3 Å². The van der Waals surface area contributed by atoms with Crippen molar-refractivity contribution in [1.82, 2.24) is 0 Å². The molecular formula is C23H22N4O2. The second-order valence-corrected chi connectivity index (χ2v) is 6.93. The molecule has 0 bridgehead atoms. The van der Waals surface area contributed by atoms with Crippen molar-refractivity contribution >= 4 is 40.7 Å². The molecule has 0 aliphatic carbocycles. The van der Waals surface area contributed by atoms with E-state index in [1.54, 1.807) is 24.3 Å². The van der Waals surface area contributed by atoms with E-state index >= 15 is 0 Å². The second-order valence-electron chi connectivity index (χ2n) is 6.93. The third kappa shape index (κ3) is 3.33. The molecule has 2 heterocycles. The molecule has 2 aliphatic rings. The molecule has 0 atom stereocenters. The molecule has 0 fully saturated rings. The maximum atomic E-state index is 13.3. The van der Waals surface area contributed by atoms with E-state index in [1.165, 1.54) is 11.9 Å². The van der Waals surface area contributed by atoms with Gasteiger partial charge in [0.15, 0.2) is 0 Å². The SMILES string of the molecule is CCN1/C(=C2\C(=O)N(c3ccc(NC(C)=O)cc3)N=C2C)C=Cc2ccccc21. The van der Waals surface area contributed by atoms with E-state index in [2.05, 4.69) is 34.4 Å². The highest BCUT2D eigenvalue weighted by Gasteiger charge is 2.33. The quantitative estimate of drug-likeness (QED) is 0.805. The van der Waals surface area contributed by atoms with Crippen molar-refractivity contribution in [3.63, 3.8) is 0 Å². The third-order valence-corrected chi connectivity index (χ3v) is 4.96. The number of hydrogen-bond donors (Lipinski definition) is 1. The minimum Gasteiger partial charge on any atom is -0.341 e. The van der Waals surface area contributed by atoms with Crippen molar-refractivity contribution in [2.24, 2.45) is 5.10 Å². The number of carbonyl (C=O) groups is 2. The molecule has 6 nitrogen and oxygen atoms in total. The van der Waals surface area contributed by atoms with Crippen LogP contribution in [0.1, 0.15) is 26.3 Å².